The van der Waals surface area contributed by atoms with Gasteiger partial charge in [0.15, 0.2) is 11.5 Å². The molecule has 0 spiro atoms. The van der Waals surface area contributed by atoms with Crippen LogP contribution in [0.4, 0.5) is 0 Å². The summed E-state index contributed by atoms with van der Waals surface area (Å²) in [4.78, 5) is 0. The molecule has 0 fully saturated rings. The summed E-state index contributed by atoms with van der Waals surface area (Å²) < 4.78 is 33.9. The fourth-order valence-corrected chi connectivity index (χ4v) is 3.52. The third-order valence-electron chi connectivity index (χ3n) is 2.79. The molecular weight excluding hydrogens is 293 g/mol. The first-order valence-electron chi connectivity index (χ1n) is 6.97. The van der Waals surface area contributed by atoms with Crippen LogP contribution in [0, 0.1) is 0 Å². The number of ether oxygens (including phenoxy) is 2. The van der Waals surface area contributed by atoms with Gasteiger partial charge < -0.3 is 24.3 Å². The second-order valence-corrected chi connectivity index (χ2v) is 6.32. The lowest BCUT2D eigenvalue weighted by Crippen LogP contribution is -2.15. The number of hydrogen-bond acceptors (Lipinski definition) is 6. The third kappa shape index (κ3) is 4.45. The van der Waals surface area contributed by atoms with Gasteiger partial charge in [0.2, 0.25) is 0 Å². The van der Waals surface area contributed by atoms with Gasteiger partial charge in [-0.3, -0.25) is 4.57 Å². The van der Waals surface area contributed by atoms with Crippen LogP contribution in [0.1, 0.15) is 32.1 Å². The summed E-state index contributed by atoms with van der Waals surface area (Å²) in [6.07, 6.45) is 0. The van der Waals surface area contributed by atoms with Crippen molar-refractivity contribution in [2.24, 2.45) is 5.73 Å². The number of rotatable bonds is 9. The van der Waals surface area contributed by atoms with E-state index in [4.69, 9.17) is 24.3 Å². The SMILES string of the molecule is CCOc1ccc([C@@H](N)P(=O)(OCC)OCC)cc1OC. The number of hydrogen-bond donors (Lipinski definition) is 1. The van der Waals surface area contributed by atoms with Gasteiger partial charge in [0.05, 0.1) is 26.9 Å². The fraction of sp³-hybridized carbons (Fsp3) is 0.571. The molecule has 6 nitrogen and oxygen atoms in total. The zero-order valence-electron chi connectivity index (χ0n) is 13.0. The first-order chi connectivity index (χ1) is 10.0. The Morgan fingerprint density at radius 3 is 2.19 bits per heavy atom. The molecule has 1 aromatic carbocycles. The Morgan fingerprint density at radius 1 is 1.10 bits per heavy atom. The van der Waals surface area contributed by atoms with Crippen molar-refractivity contribution in [3.63, 3.8) is 0 Å². The summed E-state index contributed by atoms with van der Waals surface area (Å²) in [6, 6.07) is 5.17. The van der Waals surface area contributed by atoms with Crippen LogP contribution in [0.25, 0.3) is 0 Å². The van der Waals surface area contributed by atoms with Crippen molar-refractivity contribution in [1.29, 1.82) is 0 Å². The maximum Gasteiger partial charge on any atom is 0.351 e. The van der Waals surface area contributed by atoms with Gasteiger partial charge in [0, 0.05) is 0 Å². The summed E-state index contributed by atoms with van der Waals surface area (Å²) in [5, 5.41) is 0. The van der Waals surface area contributed by atoms with E-state index in [1.807, 2.05) is 6.92 Å². The minimum absolute atomic E-state index is 0.263. The zero-order valence-corrected chi connectivity index (χ0v) is 13.9. The topological polar surface area (TPSA) is 80.0 Å². The molecule has 120 valence electrons. The van der Waals surface area contributed by atoms with Crippen LogP contribution in [0.2, 0.25) is 0 Å². The predicted molar refractivity (Wildman–Crippen MR) is 81.9 cm³/mol. The molecule has 0 amide bonds. The smallest absolute Gasteiger partial charge is 0.351 e. The number of benzene rings is 1. The van der Waals surface area contributed by atoms with E-state index in [1.54, 1.807) is 32.0 Å². The van der Waals surface area contributed by atoms with Gasteiger partial charge >= 0.3 is 7.60 Å². The van der Waals surface area contributed by atoms with Crippen molar-refractivity contribution in [1.82, 2.24) is 0 Å². The summed E-state index contributed by atoms with van der Waals surface area (Å²) in [5.74, 6) is 0.268. The maximum absolute atomic E-state index is 12.7. The molecule has 0 aliphatic rings. The Hall–Kier alpha value is -1.07. The van der Waals surface area contributed by atoms with Crippen LogP contribution in [0.3, 0.4) is 0 Å². The van der Waals surface area contributed by atoms with Gasteiger partial charge in [-0.2, -0.15) is 0 Å². The first-order valence-corrected chi connectivity index (χ1v) is 8.58. The van der Waals surface area contributed by atoms with Crippen molar-refractivity contribution < 1.29 is 23.1 Å². The van der Waals surface area contributed by atoms with E-state index >= 15 is 0 Å². The molecule has 1 aromatic rings. The van der Waals surface area contributed by atoms with E-state index in [0.717, 1.165) is 0 Å². The Labute approximate surface area is 126 Å². The van der Waals surface area contributed by atoms with Gasteiger partial charge in [-0.15, -0.1) is 0 Å². The maximum atomic E-state index is 12.7. The first kappa shape index (κ1) is 18.0. The number of methoxy groups -OCH3 is 1. The standard InChI is InChI=1S/C14H24NO5P/c1-5-18-12-9-8-11(10-13(12)17-4)14(15)21(16,19-6-2)20-7-3/h8-10,14H,5-7,15H2,1-4H3/t14-/m0/s1. The van der Waals surface area contributed by atoms with E-state index in [1.165, 1.54) is 7.11 Å². The fourth-order valence-electron chi connectivity index (χ4n) is 1.88. The monoisotopic (exact) mass is 317 g/mol. The quantitative estimate of drug-likeness (QED) is 0.704. The van der Waals surface area contributed by atoms with Gasteiger partial charge in [0.25, 0.3) is 0 Å². The van der Waals surface area contributed by atoms with Crippen molar-refractivity contribution in [2.45, 2.75) is 26.6 Å². The molecule has 0 aromatic heterocycles. The summed E-state index contributed by atoms with van der Waals surface area (Å²) >= 11 is 0. The minimum atomic E-state index is -3.41. The molecule has 2 N–H and O–H groups in total. The second kappa shape index (κ2) is 8.39. The van der Waals surface area contributed by atoms with E-state index in [9.17, 15) is 4.57 Å². The van der Waals surface area contributed by atoms with E-state index < -0.39 is 13.4 Å². The average molecular weight is 317 g/mol. The highest BCUT2D eigenvalue weighted by molar-refractivity contribution is 7.54. The van der Waals surface area contributed by atoms with Crippen molar-refractivity contribution in [2.75, 3.05) is 26.9 Å². The van der Waals surface area contributed by atoms with Crippen molar-refractivity contribution in [3.8, 4) is 11.5 Å². The second-order valence-electron chi connectivity index (χ2n) is 4.16. The lowest BCUT2D eigenvalue weighted by atomic mass is 10.2. The van der Waals surface area contributed by atoms with Crippen LogP contribution in [0.15, 0.2) is 18.2 Å². The van der Waals surface area contributed by atoms with Crippen LogP contribution in [-0.4, -0.2) is 26.9 Å². The highest BCUT2D eigenvalue weighted by Crippen LogP contribution is 2.58. The molecule has 7 heteroatoms. The largest absolute Gasteiger partial charge is 0.493 e. The van der Waals surface area contributed by atoms with Crippen LogP contribution < -0.4 is 15.2 Å². The lowest BCUT2D eigenvalue weighted by Gasteiger charge is -2.24. The van der Waals surface area contributed by atoms with Gasteiger partial charge in [0.1, 0.15) is 5.78 Å². The Morgan fingerprint density at radius 2 is 1.71 bits per heavy atom. The molecule has 1 rings (SSSR count). The molecule has 0 unspecified atom stereocenters. The average Bonchev–Trinajstić information content (AvgIpc) is 2.47. The van der Waals surface area contributed by atoms with Crippen LogP contribution in [0.5, 0.6) is 11.5 Å². The molecule has 21 heavy (non-hydrogen) atoms. The van der Waals surface area contributed by atoms with Crippen LogP contribution in [-0.2, 0) is 13.6 Å². The molecule has 0 bridgehead atoms. The molecule has 0 aliphatic heterocycles. The molecule has 0 radical (unpaired) electrons. The Balaban J connectivity index is 3.10. The normalized spacial score (nSPS) is 13.0. The lowest BCUT2D eigenvalue weighted by molar-refractivity contribution is 0.212. The van der Waals surface area contributed by atoms with Crippen molar-refractivity contribution in [3.05, 3.63) is 23.8 Å². The highest BCUT2D eigenvalue weighted by Gasteiger charge is 2.34. The Bertz CT molecular complexity index is 484. The van der Waals surface area contributed by atoms with Gasteiger partial charge in [-0.1, -0.05) is 6.07 Å². The minimum Gasteiger partial charge on any atom is -0.493 e. The van der Waals surface area contributed by atoms with Gasteiger partial charge in [-0.25, -0.2) is 0 Å². The molecular formula is C14H24NO5P. The van der Waals surface area contributed by atoms with Crippen LogP contribution >= 0.6 is 7.60 Å². The van der Waals surface area contributed by atoms with Gasteiger partial charge in [-0.05, 0) is 38.5 Å². The molecule has 0 saturated carbocycles. The Kier molecular flexibility index (Phi) is 7.18. The molecule has 0 heterocycles. The summed E-state index contributed by atoms with van der Waals surface area (Å²) in [5.41, 5.74) is 6.70. The zero-order chi connectivity index (χ0) is 15.9. The van der Waals surface area contributed by atoms with E-state index in [-0.39, 0.29) is 13.2 Å². The molecule has 0 aliphatic carbocycles. The number of nitrogens with two attached hydrogens (primary N) is 1. The van der Waals surface area contributed by atoms with E-state index in [0.29, 0.717) is 23.7 Å². The molecule has 0 saturated heterocycles. The summed E-state index contributed by atoms with van der Waals surface area (Å²) in [7, 11) is -1.87. The highest BCUT2D eigenvalue weighted by atomic mass is 31.2. The van der Waals surface area contributed by atoms with Crippen molar-refractivity contribution >= 4 is 7.60 Å². The van der Waals surface area contributed by atoms with E-state index in [2.05, 4.69) is 0 Å². The summed E-state index contributed by atoms with van der Waals surface area (Å²) in [6.45, 7) is 6.43. The molecule has 1 atom stereocenters. The third-order valence-corrected chi connectivity index (χ3v) is 5.00. The predicted octanol–water partition coefficient (Wildman–Crippen LogP) is 3.32.